The number of fused-ring (bicyclic) bond motifs is 1. The largest absolute Gasteiger partial charge is 0.358 e. The van der Waals surface area contributed by atoms with Crippen LogP contribution in [0.3, 0.4) is 0 Å². The molecule has 0 radical (unpaired) electrons. The van der Waals surface area contributed by atoms with Crippen molar-refractivity contribution in [2.24, 2.45) is 0 Å². The molecule has 0 amide bonds. The van der Waals surface area contributed by atoms with Crippen molar-refractivity contribution in [3.63, 3.8) is 0 Å². The number of H-pyrrole nitrogens is 2. The van der Waals surface area contributed by atoms with Crippen molar-refractivity contribution < 1.29 is 12.8 Å². The zero-order valence-electron chi connectivity index (χ0n) is 11.4. The Labute approximate surface area is 130 Å². The molecule has 2 heterocycles. The Bertz CT molecular complexity index is 948. The maximum absolute atomic E-state index is 13.8. The van der Waals surface area contributed by atoms with Gasteiger partial charge < -0.3 is 9.97 Å². The first kappa shape index (κ1) is 14.9. The molecule has 3 aromatic rings. The van der Waals surface area contributed by atoms with Crippen LogP contribution in [0.5, 0.6) is 0 Å². The molecule has 1 aromatic carbocycles. The number of hydrogen-bond acceptors (Lipinski definition) is 3. The van der Waals surface area contributed by atoms with E-state index in [1.54, 1.807) is 0 Å². The van der Waals surface area contributed by atoms with E-state index in [0.29, 0.717) is 12.2 Å². The van der Waals surface area contributed by atoms with Gasteiger partial charge >= 0.3 is 0 Å². The number of rotatable bonds is 4. The Kier molecular flexibility index (Phi) is 3.57. The van der Waals surface area contributed by atoms with E-state index in [2.05, 4.69) is 19.7 Å². The Morgan fingerprint density at radius 1 is 1.41 bits per heavy atom. The van der Waals surface area contributed by atoms with Crippen molar-refractivity contribution in [2.75, 3.05) is 4.72 Å². The fourth-order valence-electron chi connectivity index (χ4n) is 2.11. The van der Waals surface area contributed by atoms with Crippen LogP contribution < -0.4 is 4.72 Å². The van der Waals surface area contributed by atoms with Crippen LogP contribution in [-0.2, 0) is 16.4 Å². The van der Waals surface area contributed by atoms with Crippen molar-refractivity contribution >= 4 is 38.2 Å². The highest BCUT2D eigenvalue weighted by Gasteiger charge is 2.20. The number of benzene rings is 1. The molecule has 9 heteroatoms. The Hall–Kier alpha value is -2.06. The van der Waals surface area contributed by atoms with E-state index in [9.17, 15) is 12.8 Å². The number of halogens is 2. The molecule has 0 bridgehead atoms. The van der Waals surface area contributed by atoms with Crippen molar-refractivity contribution in [3.05, 3.63) is 41.2 Å². The van der Waals surface area contributed by atoms with E-state index in [0.717, 1.165) is 6.07 Å². The minimum absolute atomic E-state index is 0.0560. The minimum atomic E-state index is -3.85. The number of aromatic amines is 2. The van der Waals surface area contributed by atoms with Crippen LogP contribution >= 0.6 is 11.6 Å². The number of aryl methyl sites for hydroxylation is 1. The molecular formula is C13H12ClFN4O2S. The van der Waals surface area contributed by atoms with Crippen molar-refractivity contribution in [1.82, 2.24) is 15.0 Å². The summed E-state index contributed by atoms with van der Waals surface area (Å²) in [6, 6.07) is 2.49. The molecule has 116 valence electrons. The lowest BCUT2D eigenvalue weighted by Gasteiger charge is -2.08. The normalized spacial score (nSPS) is 12.0. The minimum Gasteiger partial charge on any atom is -0.358 e. The SMILES string of the molecule is CCc1ncc(S(=O)(=O)Nc2ccc(F)c3c(Cl)c[nH]c23)[nH]1. The average molecular weight is 343 g/mol. The van der Waals surface area contributed by atoms with Crippen LogP contribution in [0.25, 0.3) is 10.9 Å². The van der Waals surface area contributed by atoms with Gasteiger partial charge in [-0.05, 0) is 12.1 Å². The number of aromatic nitrogens is 3. The third kappa shape index (κ3) is 2.44. The smallest absolute Gasteiger partial charge is 0.279 e. The first-order valence-corrected chi connectivity index (χ1v) is 8.30. The second-order valence-corrected chi connectivity index (χ2v) is 6.69. The van der Waals surface area contributed by atoms with Crippen LogP contribution in [0.1, 0.15) is 12.7 Å². The van der Waals surface area contributed by atoms with Gasteiger partial charge in [0.05, 0.1) is 27.8 Å². The van der Waals surface area contributed by atoms with Gasteiger partial charge in [0.25, 0.3) is 10.0 Å². The standard InChI is InChI=1S/C13H12ClFN4O2S/c1-2-10-16-6-11(18-10)22(20,21)19-9-4-3-8(15)12-7(14)5-17-13(9)12/h3-6,17,19H,2H2,1H3,(H,16,18). The molecule has 22 heavy (non-hydrogen) atoms. The summed E-state index contributed by atoms with van der Waals surface area (Å²) < 4.78 is 40.9. The van der Waals surface area contributed by atoms with Gasteiger partial charge in [-0.25, -0.2) is 9.37 Å². The molecule has 3 N–H and O–H groups in total. The van der Waals surface area contributed by atoms with Gasteiger partial charge in [-0.15, -0.1) is 0 Å². The second kappa shape index (κ2) is 5.29. The number of imidazole rings is 1. The maximum atomic E-state index is 13.8. The molecule has 0 atom stereocenters. The van der Waals surface area contributed by atoms with Crippen LogP contribution in [0.4, 0.5) is 10.1 Å². The van der Waals surface area contributed by atoms with Crippen molar-refractivity contribution in [2.45, 2.75) is 18.4 Å². The van der Waals surface area contributed by atoms with E-state index >= 15 is 0 Å². The summed E-state index contributed by atoms with van der Waals surface area (Å²) in [6.07, 6.45) is 3.23. The second-order valence-electron chi connectivity index (χ2n) is 4.63. The quantitative estimate of drug-likeness (QED) is 0.680. The Morgan fingerprint density at radius 3 is 2.86 bits per heavy atom. The van der Waals surface area contributed by atoms with Gasteiger partial charge in [-0.1, -0.05) is 18.5 Å². The first-order valence-electron chi connectivity index (χ1n) is 6.44. The number of hydrogen-bond donors (Lipinski definition) is 3. The Morgan fingerprint density at radius 2 is 2.18 bits per heavy atom. The third-order valence-electron chi connectivity index (χ3n) is 3.21. The monoisotopic (exact) mass is 342 g/mol. The first-order chi connectivity index (χ1) is 10.4. The highest BCUT2D eigenvalue weighted by molar-refractivity contribution is 7.92. The fourth-order valence-corrected chi connectivity index (χ4v) is 3.37. The summed E-state index contributed by atoms with van der Waals surface area (Å²) >= 11 is 5.90. The van der Waals surface area contributed by atoms with Crippen molar-refractivity contribution in [1.29, 1.82) is 0 Å². The van der Waals surface area contributed by atoms with E-state index < -0.39 is 15.8 Å². The molecule has 0 unspecified atom stereocenters. The summed E-state index contributed by atoms with van der Waals surface area (Å²) in [5.74, 6) is 0.0338. The molecule has 6 nitrogen and oxygen atoms in total. The summed E-state index contributed by atoms with van der Waals surface area (Å²) in [5.41, 5.74) is 0.486. The summed E-state index contributed by atoms with van der Waals surface area (Å²) in [5, 5.41) is 0.267. The molecule has 0 saturated carbocycles. The summed E-state index contributed by atoms with van der Waals surface area (Å²) in [7, 11) is -3.85. The molecule has 0 aliphatic rings. The maximum Gasteiger partial charge on any atom is 0.279 e. The Balaban J connectivity index is 2.04. The zero-order chi connectivity index (χ0) is 15.9. The molecule has 0 aliphatic carbocycles. The zero-order valence-corrected chi connectivity index (χ0v) is 13.0. The molecule has 0 aliphatic heterocycles. The lowest BCUT2D eigenvalue weighted by Crippen LogP contribution is -2.14. The highest BCUT2D eigenvalue weighted by Crippen LogP contribution is 2.32. The molecule has 3 rings (SSSR count). The third-order valence-corrected chi connectivity index (χ3v) is 4.78. The number of nitrogens with zero attached hydrogens (tertiary/aromatic N) is 1. The van der Waals surface area contributed by atoms with E-state index in [-0.39, 0.29) is 26.6 Å². The lowest BCUT2D eigenvalue weighted by atomic mass is 10.2. The van der Waals surface area contributed by atoms with E-state index in [1.807, 2.05) is 6.92 Å². The number of nitrogens with one attached hydrogen (secondary N) is 3. The molecule has 0 saturated heterocycles. The number of sulfonamides is 1. The van der Waals surface area contributed by atoms with E-state index in [4.69, 9.17) is 11.6 Å². The lowest BCUT2D eigenvalue weighted by molar-refractivity contribution is 0.598. The van der Waals surface area contributed by atoms with Crippen LogP contribution in [0, 0.1) is 5.82 Å². The topological polar surface area (TPSA) is 90.6 Å². The van der Waals surface area contributed by atoms with Crippen LogP contribution in [-0.4, -0.2) is 23.4 Å². The van der Waals surface area contributed by atoms with E-state index in [1.165, 1.54) is 18.5 Å². The van der Waals surface area contributed by atoms with Gasteiger partial charge in [-0.3, -0.25) is 4.72 Å². The molecular weight excluding hydrogens is 331 g/mol. The van der Waals surface area contributed by atoms with Gasteiger partial charge in [0, 0.05) is 12.6 Å². The molecule has 2 aromatic heterocycles. The number of anilines is 1. The van der Waals surface area contributed by atoms with Gasteiger partial charge in [0.1, 0.15) is 11.6 Å². The van der Waals surface area contributed by atoms with Gasteiger partial charge in [0.15, 0.2) is 5.03 Å². The fraction of sp³-hybridized carbons (Fsp3) is 0.154. The van der Waals surface area contributed by atoms with Crippen LogP contribution in [0.15, 0.2) is 29.6 Å². The van der Waals surface area contributed by atoms with Gasteiger partial charge in [0.2, 0.25) is 0 Å². The van der Waals surface area contributed by atoms with Crippen molar-refractivity contribution in [3.8, 4) is 0 Å². The average Bonchev–Trinajstić information content (AvgIpc) is 3.09. The highest BCUT2D eigenvalue weighted by atomic mass is 35.5. The summed E-state index contributed by atoms with van der Waals surface area (Å²) in [6.45, 7) is 1.85. The predicted molar refractivity (Wildman–Crippen MR) is 82.0 cm³/mol. The van der Waals surface area contributed by atoms with Crippen LogP contribution in [0.2, 0.25) is 5.02 Å². The van der Waals surface area contributed by atoms with Gasteiger partial charge in [-0.2, -0.15) is 8.42 Å². The molecule has 0 spiro atoms. The molecule has 0 fully saturated rings. The predicted octanol–water partition coefficient (Wildman–Crippen LogP) is 3.05. The summed E-state index contributed by atoms with van der Waals surface area (Å²) in [4.78, 5) is 9.44.